The third-order valence-corrected chi connectivity index (χ3v) is 7.16. The van der Waals surface area contributed by atoms with Crippen LogP contribution in [0.15, 0.2) is 24.4 Å². The van der Waals surface area contributed by atoms with Gasteiger partial charge in [0.05, 0.1) is 24.5 Å². The van der Waals surface area contributed by atoms with E-state index in [0.29, 0.717) is 41.6 Å². The van der Waals surface area contributed by atoms with Crippen molar-refractivity contribution >= 4 is 5.97 Å². The number of piperazine rings is 1. The van der Waals surface area contributed by atoms with Gasteiger partial charge in [0.2, 0.25) is 0 Å². The molecule has 2 atom stereocenters. The number of fused-ring (bicyclic) bond motifs is 1. The minimum atomic E-state index is -0.786. The van der Waals surface area contributed by atoms with E-state index in [9.17, 15) is 15.0 Å². The molecule has 1 aromatic heterocycles. The number of methoxy groups -OCH3 is 1. The van der Waals surface area contributed by atoms with E-state index in [-0.39, 0.29) is 12.6 Å². The Kier molecular flexibility index (Phi) is 6.71. The minimum Gasteiger partial charge on any atom is -0.495 e. The van der Waals surface area contributed by atoms with Gasteiger partial charge in [0.25, 0.3) is 0 Å². The van der Waals surface area contributed by atoms with Gasteiger partial charge >= 0.3 is 5.97 Å². The molecule has 0 radical (unpaired) electrons. The first-order valence-corrected chi connectivity index (χ1v) is 12.1. The summed E-state index contributed by atoms with van der Waals surface area (Å²) in [7, 11) is 1.49. The van der Waals surface area contributed by atoms with Crippen LogP contribution >= 0.6 is 0 Å². The highest BCUT2D eigenvalue weighted by atomic mass is 16.5. The lowest BCUT2D eigenvalue weighted by Crippen LogP contribution is -2.48. The molecular weight excluding hydrogens is 448 g/mol. The molecule has 3 aliphatic rings. The van der Waals surface area contributed by atoms with Gasteiger partial charge in [-0.15, -0.1) is 0 Å². The fourth-order valence-corrected chi connectivity index (χ4v) is 4.97. The number of nitriles is 1. The van der Waals surface area contributed by atoms with Crippen LogP contribution in [0.4, 0.5) is 0 Å². The normalized spacial score (nSPS) is 20.1. The predicted octanol–water partition coefficient (Wildman–Crippen LogP) is 1.89. The summed E-state index contributed by atoms with van der Waals surface area (Å²) in [6.07, 6.45) is 2.20. The second kappa shape index (κ2) is 9.91. The number of β-amino-alcohol motifs (C(OH)–C–C–N with tert-alkyl or cyclic N) is 2. The summed E-state index contributed by atoms with van der Waals surface area (Å²) in [6.45, 7) is 4.32. The van der Waals surface area contributed by atoms with Crippen molar-refractivity contribution in [1.29, 1.82) is 5.26 Å². The van der Waals surface area contributed by atoms with Gasteiger partial charge in [0.1, 0.15) is 30.1 Å². The number of ether oxygens (including phenoxy) is 2. The van der Waals surface area contributed by atoms with E-state index in [2.05, 4.69) is 14.8 Å². The van der Waals surface area contributed by atoms with E-state index >= 15 is 0 Å². The molecule has 5 rings (SSSR count). The van der Waals surface area contributed by atoms with Gasteiger partial charge in [-0.1, -0.05) is 0 Å². The molecule has 9 nitrogen and oxygen atoms in total. The summed E-state index contributed by atoms with van der Waals surface area (Å²) in [5, 5.41) is 30.9. The van der Waals surface area contributed by atoms with Gasteiger partial charge in [-0.3, -0.25) is 14.8 Å². The molecule has 2 aromatic rings. The lowest BCUT2D eigenvalue weighted by molar-refractivity contribution is 0.0469. The number of aliphatic hydroxyl groups is 2. The Labute approximate surface area is 204 Å². The van der Waals surface area contributed by atoms with Crippen LogP contribution in [0.3, 0.4) is 0 Å². The Balaban J connectivity index is 1.17. The molecule has 35 heavy (non-hydrogen) atoms. The van der Waals surface area contributed by atoms with E-state index in [1.807, 2.05) is 18.2 Å². The van der Waals surface area contributed by atoms with Gasteiger partial charge in [0, 0.05) is 57.1 Å². The van der Waals surface area contributed by atoms with Crippen LogP contribution < -0.4 is 4.74 Å². The molecule has 1 saturated heterocycles. The molecule has 2 unspecified atom stereocenters. The Morgan fingerprint density at radius 3 is 2.46 bits per heavy atom. The van der Waals surface area contributed by atoms with Crippen molar-refractivity contribution < 1.29 is 24.5 Å². The van der Waals surface area contributed by atoms with E-state index < -0.39 is 12.2 Å². The Morgan fingerprint density at radius 2 is 1.83 bits per heavy atom. The SMILES string of the molecule is COc1cc(C(O)CN2CCN(CC(O)c3cc4c(cc3C3CC3)C(=O)OC4)CC2)ncc1C#N. The zero-order valence-corrected chi connectivity index (χ0v) is 19.8. The Bertz CT molecular complexity index is 1150. The quantitative estimate of drug-likeness (QED) is 0.548. The average Bonchev–Trinajstić information content (AvgIpc) is 3.67. The molecule has 3 heterocycles. The zero-order valence-electron chi connectivity index (χ0n) is 19.8. The molecule has 9 heteroatoms. The van der Waals surface area contributed by atoms with E-state index in [0.717, 1.165) is 55.7 Å². The highest BCUT2D eigenvalue weighted by Crippen LogP contribution is 2.44. The molecule has 2 fully saturated rings. The van der Waals surface area contributed by atoms with Crippen molar-refractivity contribution in [1.82, 2.24) is 14.8 Å². The minimum absolute atomic E-state index is 0.268. The molecule has 0 bridgehead atoms. The maximum atomic E-state index is 12.0. The van der Waals surface area contributed by atoms with Crippen LogP contribution in [0.1, 0.15) is 69.3 Å². The number of benzene rings is 1. The molecule has 0 spiro atoms. The van der Waals surface area contributed by atoms with Gasteiger partial charge in [-0.05, 0) is 42.0 Å². The standard InChI is InChI=1S/C26H30N4O5/c1-34-25-10-22(28-12-18(25)11-27)24(32)14-30-6-4-29(5-7-30)13-23(31)21-8-17-15-35-26(33)20(17)9-19(21)16-2-3-16/h8-10,12,16,23-24,31-32H,2-7,13-15H2,1H3. The van der Waals surface area contributed by atoms with Crippen molar-refractivity contribution in [3.63, 3.8) is 0 Å². The number of carbonyl (C=O) groups excluding carboxylic acids is 1. The number of pyridine rings is 1. The predicted molar refractivity (Wildman–Crippen MR) is 126 cm³/mol. The molecule has 1 saturated carbocycles. The second-order valence-electron chi connectivity index (χ2n) is 9.54. The number of hydrogen-bond donors (Lipinski definition) is 2. The van der Waals surface area contributed by atoms with Gasteiger partial charge < -0.3 is 19.7 Å². The number of rotatable bonds is 8. The van der Waals surface area contributed by atoms with Gasteiger partial charge in [-0.25, -0.2) is 4.79 Å². The van der Waals surface area contributed by atoms with Gasteiger partial charge in [-0.2, -0.15) is 5.26 Å². The van der Waals surface area contributed by atoms with E-state index in [1.165, 1.54) is 13.3 Å². The van der Waals surface area contributed by atoms with Crippen LogP contribution in [0.25, 0.3) is 0 Å². The number of cyclic esters (lactones) is 1. The van der Waals surface area contributed by atoms with E-state index in [1.54, 1.807) is 6.07 Å². The summed E-state index contributed by atoms with van der Waals surface area (Å²) >= 11 is 0. The molecule has 0 amide bonds. The highest BCUT2D eigenvalue weighted by Gasteiger charge is 2.33. The van der Waals surface area contributed by atoms with Crippen molar-refractivity contribution in [2.24, 2.45) is 0 Å². The Hall–Kier alpha value is -3.03. The Morgan fingerprint density at radius 1 is 1.14 bits per heavy atom. The zero-order chi connectivity index (χ0) is 24.5. The van der Waals surface area contributed by atoms with Crippen LogP contribution in [-0.4, -0.2) is 77.3 Å². The second-order valence-corrected chi connectivity index (χ2v) is 9.54. The summed E-state index contributed by atoms with van der Waals surface area (Å²) in [6, 6.07) is 7.54. The summed E-state index contributed by atoms with van der Waals surface area (Å²) in [5.41, 5.74) is 4.32. The number of hydrogen-bond acceptors (Lipinski definition) is 9. The fourth-order valence-electron chi connectivity index (χ4n) is 4.97. The third-order valence-electron chi connectivity index (χ3n) is 7.16. The summed E-state index contributed by atoms with van der Waals surface area (Å²) in [4.78, 5) is 20.6. The third kappa shape index (κ3) is 5.02. The van der Waals surface area contributed by atoms with Crippen LogP contribution in [0.2, 0.25) is 0 Å². The topological polar surface area (TPSA) is 119 Å². The van der Waals surface area contributed by atoms with Crippen LogP contribution in [-0.2, 0) is 11.3 Å². The molecule has 1 aliphatic carbocycles. The van der Waals surface area contributed by atoms with Crippen LogP contribution in [0.5, 0.6) is 5.75 Å². The molecule has 1 aromatic carbocycles. The maximum absolute atomic E-state index is 12.0. The van der Waals surface area contributed by atoms with Crippen molar-refractivity contribution in [3.8, 4) is 11.8 Å². The molecular formula is C26H30N4O5. The van der Waals surface area contributed by atoms with Crippen molar-refractivity contribution in [2.75, 3.05) is 46.4 Å². The number of aromatic nitrogens is 1. The lowest BCUT2D eigenvalue weighted by atomic mass is 9.93. The largest absolute Gasteiger partial charge is 0.495 e. The van der Waals surface area contributed by atoms with Crippen molar-refractivity contribution in [3.05, 3.63) is 57.9 Å². The van der Waals surface area contributed by atoms with Crippen molar-refractivity contribution in [2.45, 2.75) is 37.6 Å². The monoisotopic (exact) mass is 478 g/mol. The maximum Gasteiger partial charge on any atom is 0.338 e. The first-order chi connectivity index (χ1) is 17.0. The van der Waals surface area contributed by atoms with E-state index in [4.69, 9.17) is 14.7 Å². The molecule has 2 N–H and O–H groups in total. The van der Waals surface area contributed by atoms with Gasteiger partial charge in [0.15, 0.2) is 0 Å². The molecule has 2 aliphatic heterocycles. The summed E-state index contributed by atoms with van der Waals surface area (Å²) in [5.74, 6) is 0.561. The number of esters is 1. The number of carbonyl (C=O) groups is 1. The number of nitrogens with zero attached hydrogens (tertiary/aromatic N) is 4. The summed E-state index contributed by atoms with van der Waals surface area (Å²) < 4.78 is 10.4. The highest BCUT2D eigenvalue weighted by molar-refractivity contribution is 5.93. The first-order valence-electron chi connectivity index (χ1n) is 12.1. The fraction of sp³-hybridized carbons (Fsp3) is 0.500. The smallest absolute Gasteiger partial charge is 0.338 e. The average molecular weight is 479 g/mol. The van der Waals surface area contributed by atoms with Crippen LogP contribution in [0, 0.1) is 11.3 Å². The number of aliphatic hydroxyl groups excluding tert-OH is 2. The lowest BCUT2D eigenvalue weighted by Gasteiger charge is -2.36. The first kappa shape index (κ1) is 23.7. The molecule has 184 valence electrons.